The van der Waals surface area contributed by atoms with E-state index < -0.39 is 23.3 Å². The first kappa shape index (κ1) is 31.0. The summed E-state index contributed by atoms with van der Waals surface area (Å²) in [4.78, 5) is 31.4. The van der Waals surface area contributed by atoms with Gasteiger partial charge in [0.15, 0.2) is 0 Å². The Balaban J connectivity index is 1.26. The van der Waals surface area contributed by atoms with Crippen molar-refractivity contribution in [2.24, 2.45) is 5.92 Å². The largest absolute Gasteiger partial charge is 0.480 e. The molecule has 3 aromatic carbocycles. The maximum atomic E-state index is 13.3. The SMILES string of the molecule is CC(C)C(C(=O)O)N(N1CCN(c2ccc(C#Cc3ccc4ncn(Cc5ccc(F)cc5)c(=O)c4c3)cc2)CC1)S(=O)O. The van der Waals surface area contributed by atoms with Crippen LogP contribution in [0.2, 0.25) is 0 Å². The lowest BCUT2D eigenvalue weighted by molar-refractivity contribution is -0.148. The van der Waals surface area contributed by atoms with Crippen molar-refractivity contribution in [1.29, 1.82) is 0 Å². The van der Waals surface area contributed by atoms with Crippen molar-refractivity contribution >= 4 is 33.8 Å². The number of anilines is 1. The fourth-order valence-corrected chi connectivity index (χ4v) is 6.08. The predicted molar refractivity (Wildman–Crippen MR) is 167 cm³/mol. The molecule has 228 valence electrons. The molecule has 0 aliphatic carbocycles. The number of benzene rings is 3. The molecule has 5 rings (SSSR count). The Morgan fingerprint density at radius 2 is 1.64 bits per heavy atom. The van der Waals surface area contributed by atoms with Crippen LogP contribution in [0.5, 0.6) is 0 Å². The summed E-state index contributed by atoms with van der Waals surface area (Å²) in [5.41, 5.74) is 3.57. The molecule has 4 aromatic rings. The molecular formula is C32H32FN5O5S. The molecule has 1 aliphatic heterocycles. The smallest absolute Gasteiger partial charge is 0.323 e. The van der Waals surface area contributed by atoms with E-state index in [0.29, 0.717) is 42.6 Å². The van der Waals surface area contributed by atoms with Crippen LogP contribution in [0, 0.1) is 23.6 Å². The summed E-state index contributed by atoms with van der Waals surface area (Å²) in [7, 11) is 0. The van der Waals surface area contributed by atoms with Crippen molar-refractivity contribution in [2.45, 2.75) is 26.4 Å². The minimum absolute atomic E-state index is 0.205. The zero-order valence-corrected chi connectivity index (χ0v) is 25.1. The number of carboxylic acid groups (broad SMARTS) is 1. The van der Waals surface area contributed by atoms with Gasteiger partial charge in [0, 0.05) is 43.0 Å². The number of hydrazine groups is 1. The molecule has 2 N–H and O–H groups in total. The quantitative estimate of drug-likeness (QED) is 0.228. The fraction of sp³-hybridized carbons (Fsp3) is 0.281. The number of aromatic nitrogens is 2. The Bertz CT molecular complexity index is 1790. The Labute approximate surface area is 256 Å². The summed E-state index contributed by atoms with van der Waals surface area (Å²) in [6, 6.07) is 17.9. The number of carboxylic acids is 1. The third-order valence-corrected chi connectivity index (χ3v) is 8.27. The Kier molecular flexibility index (Phi) is 9.51. The fourth-order valence-electron chi connectivity index (χ4n) is 5.19. The molecule has 0 saturated carbocycles. The predicted octanol–water partition coefficient (Wildman–Crippen LogP) is 3.57. The van der Waals surface area contributed by atoms with Crippen LogP contribution >= 0.6 is 0 Å². The highest BCUT2D eigenvalue weighted by Gasteiger charge is 2.38. The molecule has 12 heteroatoms. The highest BCUT2D eigenvalue weighted by molar-refractivity contribution is 7.76. The minimum Gasteiger partial charge on any atom is -0.480 e. The summed E-state index contributed by atoms with van der Waals surface area (Å²) in [6.07, 6.45) is 1.49. The summed E-state index contributed by atoms with van der Waals surface area (Å²) in [5.74, 6) is 4.43. The van der Waals surface area contributed by atoms with Crippen molar-refractivity contribution in [2.75, 3.05) is 31.1 Å². The Morgan fingerprint density at radius 3 is 2.25 bits per heavy atom. The number of rotatable bonds is 8. The van der Waals surface area contributed by atoms with Crippen molar-refractivity contribution in [1.82, 2.24) is 19.0 Å². The average Bonchev–Trinajstić information content (AvgIpc) is 3.01. The van der Waals surface area contributed by atoms with Gasteiger partial charge < -0.3 is 10.0 Å². The first-order valence-corrected chi connectivity index (χ1v) is 15.2. The van der Waals surface area contributed by atoms with E-state index in [2.05, 4.69) is 21.7 Å². The van der Waals surface area contributed by atoms with Gasteiger partial charge in [-0.1, -0.05) is 37.8 Å². The first-order chi connectivity index (χ1) is 21.1. The number of aliphatic carboxylic acids is 1. The molecule has 0 bridgehead atoms. The second-order valence-corrected chi connectivity index (χ2v) is 11.7. The molecule has 10 nitrogen and oxygen atoms in total. The van der Waals surface area contributed by atoms with Gasteiger partial charge in [-0.3, -0.25) is 18.7 Å². The van der Waals surface area contributed by atoms with Gasteiger partial charge in [-0.05, 0) is 66.1 Å². The summed E-state index contributed by atoms with van der Waals surface area (Å²) in [5, 5.41) is 11.7. The normalized spacial score (nSPS) is 15.3. The Morgan fingerprint density at radius 1 is 1.00 bits per heavy atom. The molecule has 2 heterocycles. The van der Waals surface area contributed by atoms with E-state index in [1.807, 2.05) is 30.3 Å². The third kappa shape index (κ3) is 7.03. The number of hydrogen-bond acceptors (Lipinski definition) is 6. The second kappa shape index (κ2) is 13.5. The molecule has 0 spiro atoms. The van der Waals surface area contributed by atoms with Gasteiger partial charge in [0.05, 0.1) is 23.8 Å². The van der Waals surface area contributed by atoms with Crippen LogP contribution in [0.25, 0.3) is 10.9 Å². The number of hydrogen-bond donors (Lipinski definition) is 2. The maximum Gasteiger partial charge on any atom is 0.323 e. The summed E-state index contributed by atoms with van der Waals surface area (Å²) < 4.78 is 37.7. The van der Waals surface area contributed by atoms with Crippen molar-refractivity contribution in [3.63, 3.8) is 0 Å². The van der Waals surface area contributed by atoms with Crippen LogP contribution in [0.4, 0.5) is 10.1 Å². The number of piperazine rings is 1. The minimum atomic E-state index is -2.46. The van der Waals surface area contributed by atoms with Gasteiger partial charge in [-0.15, -0.1) is 4.41 Å². The van der Waals surface area contributed by atoms with Crippen LogP contribution in [0.1, 0.15) is 30.5 Å². The van der Waals surface area contributed by atoms with E-state index in [-0.39, 0.29) is 23.8 Å². The maximum absolute atomic E-state index is 13.3. The molecule has 0 radical (unpaired) electrons. The van der Waals surface area contributed by atoms with E-state index >= 15 is 0 Å². The number of fused-ring (bicyclic) bond motifs is 1. The highest BCUT2D eigenvalue weighted by atomic mass is 32.2. The number of nitrogens with zero attached hydrogens (tertiary/aromatic N) is 5. The van der Waals surface area contributed by atoms with Crippen LogP contribution in [-0.2, 0) is 22.6 Å². The van der Waals surface area contributed by atoms with Gasteiger partial charge in [-0.2, -0.15) is 0 Å². The molecule has 0 amide bonds. The van der Waals surface area contributed by atoms with Gasteiger partial charge in [0.25, 0.3) is 5.56 Å². The molecule has 1 saturated heterocycles. The van der Waals surface area contributed by atoms with Crippen LogP contribution in [0.3, 0.4) is 0 Å². The lowest BCUT2D eigenvalue weighted by Gasteiger charge is -2.42. The van der Waals surface area contributed by atoms with E-state index in [1.54, 1.807) is 43.1 Å². The monoisotopic (exact) mass is 617 g/mol. The van der Waals surface area contributed by atoms with Crippen LogP contribution in [-0.4, -0.2) is 71.0 Å². The topological polar surface area (TPSA) is 119 Å². The van der Waals surface area contributed by atoms with E-state index in [0.717, 1.165) is 21.2 Å². The van der Waals surface area contributed by atoms with E-state index in [9.17, 15) is 27.8 Å². The van der Waals surface area contributed by atoms with Crippen LogP contribution in [0.15, 0.2) is 77.9 Å². The van der Waals surface area contributed by atoms with E-state index in [1.165, 1.54) is 23.0 Å². The van der Waals surface area contributed by atoms with Gasteiger partial charge >= 0.3 is 5.97 Å². The number of carbonyl (C=O) groups is 1. The molecule has 2 unspecified atom stereocenters. The highest BCUT2D eigenvalue weighted by Crippen LogP contribution is 2.22. The number of halogens is 1. The first-order valence-electron chi connectivity index (χ1n) is 14.1. The standard InChI is InChI=1S/C32H32FN5O5S/c1-22(2)30(32(40)41)38(44(42)43)37-17-15-35(16-18-37)27-12-7-23(8-13-27)3-4-24-9-14-29-28(19-24)31(39)36(21-34-29)20-25-5-10-26(33)11-6-25/h5-14,19,21-22,30H,15-18,20H2,1-2H3,(H,40,41)(H,42,43). The molecule has 44 heavy (non-hydrogen) atoms. The van der Waals surface area contributed by atoms with Gasteiger partial charge in [0.1, 0.15) is 11.9 Å². The molecule has 1 aliphatic rings. The Hall–Kier alpha value is -4.41. The van der Waals surface area contributed by atoms with Crippen molar-refractivity contribution in [3.05, 3.63) is 106 Å². The lowest BCUT2D eigenvalue weighted by atomic mass is 10.1. The molecular weight excluding hydrogens is 585 g/mol. The van der Waals surface area contributed by atoms with Gasteiger partial charge in [0.2, 0.25) is 11.3 Å². The molecule has 1 aromatic heterocycles. The summed E-state index contributed by atoms with van der Waals surface area (Å²) in [6.45, 7) is 5.59. The zero-order chi connectivity index (χ0) is 31.4. The summed E-state index contributed by atoms with van der Waals surface area (Å²) >= 11 is -2.46. The van der Waals surface area contributed by atoms with Crippen molar-refractivity contribution < 1.29 is 23.1 Å². The molecule has 1 fully saturated rings. The zero-order valence-electron chi connectivity index (χ0n) is 24.3. The van der Waals surface area contributed by atoms with E-state index in [4.69, 9.17) is 0 Å². The van der Waals surface area contributed by atoms with Crippen LogP contribution < -0.4 is 10.5 Å². The molecule has 2 atom stereocenters. The van der Waals surface area contributed by atoms with Gasteiger partial charge in [-0.25, -0.2) is 18.6 Å². The second-order valence-electron chi connectivity index (χ2n) is 10.8. The third-order valence-electron chi connectivity index (χ3n) is 7.49. The van der Waals surface area contributed by atoms with Crippen molar-refractivity contribution in [3.8, 4) is 11.8 Å². The average molecular weight is 618 g/mol. The lowest BCUT2D eigenvalue weighted by Crippen LogP contribution is -2.60.